The van der Waals surface area contributed by atoms with E-state index in [1.165, 1.54) is 4.88 Å². The van der Waals surface area contributed by atoms with Gasteiger partial charge in [0.05, 0.1) is 16.8 Å². The van der Waals surface area contributed by atoms with E-state index in [-0.39, 0.29) is 5.70 Å². The predicted octanol–water partition coefficient (Wildman–Crippen LogP) is 1.96. The van der Waals surface area contributed by atoms with E-state index < -0.39 is 11.9 Å². The molecule has 0 spiro atoms. The van der Waals surface area contributed by atoms with Gasteiger partial charge in [-0.25, -0.2) is 9.78 Å². The summed E-state index contributed by atoms with van der Waals surface area (Å²) in [6.45, 7) is 5.32. The Balaban J connectivity index is 1.33. The molecule has 0 bridgehead atoms. The van der Waals surface area contributed by atoms with Crippen molar-refractivity contribution in [1.82, 2.24) is 35.0 Å². The molecule has 2 aliphatic heterocycles. The van der Waals surface area contributed by atoms with E-state index in [1.54, 1.807) is 28.1 Å². The number of anilines is 1. The summed E-state index contributed by atoms with van der Waals surface area (Å²) < 4.78 is 1.77. The Morgan fingerprint density at radius 1 is 1.18 bits per heavy atom. The fourth-order valence-electron chi connectivity index (χ4n) is 4.21. The standard InChI is InChI=1S/C23H26N8O2S/c1-29-6-8-30(9-7-29)13-16-4-5-19(34-16)17-11-20(25-15-2-3-15)31-21(26-17)14(12-24-31)10-18-22(32)28-23(33)27-18/h4-5,10-12,15,25H,2-3,6-9,13H2,1H3,(H2,27,28,32,33)/b18-10-. The third-order valence-electron chi connectivity index (χ3n) is 6.34. The van der Waals surface area contributed by atoms with Gasteiger partial charge in [0, 0.05) is 55.3 Å². The normalized spacial score (nSPS) is 20.8. The van der Waals surface area contributed by atoms with E-state index >= 15 is 0 Å². The third-order valence-corrected chi connectivity index (χ3v) is 7.43. The first-order chi connectivity index (χ1) is 16.5. The summed E-state index contributed by atoms with van der Waals surface area (Å²) >= 11 is 1.76. The van der Waals surface area contributed by atoms with Crippen LogP contribution in [-0.2, 0) is 11.3 Å². The second kappa shape index (κ2) is 8.49. The quantitative estimate of drug-likeness (QED) is 0.367. The van der Waals surface area contributed by atoms with Crippen LogP contribution in [0.25, 0.3) is 22.3 Å². The lowest BCUT2D eigenvalue weighted by Gasteiger charge is -2.31. The van der Waals surface area contributed by atoms with Crippen molar-refractivity contribution in [3.05, 3.63) is 40.5 Å². The predicted molar refractivity (Wildman–Crippen MR) is 130 cm³/mol. The lowest BCUT2D eigenvalue weighted by atomic mass is 10.2. The number of carbonyl (C=O) groups is 2. The van der Waals surface area contributed by atoms with Crippen LogP contribution in [0.15, 0.2) is 30.1 Å². The van der Waals surface area contributed by atoms with Crippen molar-refractivity contribution in [3.8, 4) is 10.6 Å². The number of piperazine rings is 1. The number of hydrogen-bond acceptors (Lipinski definition) is 8. The minimum Gasteiger partial charge on any atom is -0.367 e. The molecule has 3 aromatic rings. The van der Waals surface area contributed by atoms with Crippen LogP contribution in [-0.4, -0.2) is 75.6 Å². The van der Waals surface area contributed by atoms with Gasteiger partial charge in [-0.1, -0.05) is 0 Å². The van der Waals surface area contributed by atoms with Gasteiger partial charge in [0.25, 0.3) is 5.91 Å². The van der Waals surface area contributed by atoms with Gasteiger partial charge in [-0.15, -0.1) is 11.3 Å². The molecule has 0 atom stereocenters. The number of urea groups is 1. The van der Waals surface area contributed by atoms with Crippen molar-refractivity contribution < 1.29 is 9.59 Å². The molecule has 0 radical (unpaired) electrons. The zero-order valence-corrected chi connectivity index (χ0v) is 19.7. The van der Waals surface area contributed by atoms with Crippen LogP contribution in [0.1, 0.15) is 23.3 Å². The highest BCUT2D eigenvalue weighted by Crippen LogP contribution is 2.32. The molecule has 0 aromatic carbocycles. The number of carbonyl (C=O) groups excluding carboxylic acids is 2. The van der Waals surface area contributed by atoms with Crippen molar-refractivity contribution in [1.29, 1.82) is 0 Å². The third kappa shape index (κ3) is 4.29. The first kappa shape index (κ1) is 21.3. The van der Waals surface area contributed by atoms with Gasteiger partial charge in [-0.2, -0.15) is 9.61 Å². The summed E-state index contributed by atoms with van der Waals surface area (Å²) in [5.74, 6) is 0.421. The molecule has 5 heterocycles. The van der Waals surface area contributed by atoms with Gasteiger partial charge < -0.3 is 15.5 Å². The van der Waals surface area contributed by atoms with Crippen LogP contribution in [0.3, 0.4) is 0 Å². The Bertz CT molecular complexity index is 1300. The van der Waals surface area contributed by atoms with Crippen LogP contribution in [0, 0.1) is 0 Å². The Morgan fingerprint density at radius 2 is 2.00 bits per heavy atom. The number of nitrogens with zero attached hydrogens (tertiary/aromatic N) is 5. The molecule has 2 saturated heterocycles. The SMILES string of the molecule is CN1CCN(Cc2ccc(-c3cc(NC4CC4)n4ncc(/C=C5\NC(=O)NC5=O)c4n3)s2)CC1. The van der Waals surface area contributed by atoms with Gasteiger partial charge in [0.1, 0.15) is 11.5 Å². The first-order valence-corrected chi connectivity index (χ1v) is 12.3. The highest BCUT2D eigenvalue weighted by Gasteiger charge is 2.26. The van der Waals surface area contributed by atoms with Gasteiger partial charge in [0.15, 0.2) is 5.65 Å². The summed E-state index contributed by atoms with van der Waals surface area (Å²) in [5, 5.41) is 12.8. The highest BCUT2D eigenvalue weighted by atomic mass is 32.1. The zero-order chi connectivity index (χ0) is 23.2. The summed E-state index contributed by atoms with van der Waals surface area (Å²) in [7, 11) is 2.17. The molecule has 3 N–H and O–H groups in total. The molecule has 1 saturated carbocycles. The maximum absolute atomic E-state index is 12.0. The molecule has 0 unspecified atom stereocenters. The summed E-state index contributed by atoms with van der Waals surface area (Å²) in [6, 6.07) is 6.29. The number of likely N-dealkylation sites (N-methyl/N-ethyl adjacent to an activating group) is 1. The molecule has 10 nitrogen and oxygen atoms in total. The molecule has 3 aliphatic rings. The number of rotatable bonds is 6. The number of hydrogen-bond donors (Lipinski definition) is 3. The summed E-state index contributed by atoms with van der Waals surface area (Å²) in [6.07, 6.45) is 5.56. The minimum absolute atomic E-state index is 0.189. The summed E-state index contributed by atoms with van der Waals surface area (Å²) in [5.41, 5.74) is 2.36. The smallest absolute Gasteiger partial charge is 0.326 e. The molecular formula is C23H26N8O2S. The van der Waals surface area contributed by atoms with E-state index in [2.05, 4.69) is 50.0 Å². The minimum atomic E-state index is -0.524. The number of imide groups is 1. The Morgan fingerprint density at radius 3 is 2.74 bits per heavy atom. The first-order valence-electron chi connectivity index (χ1n) is 11.5. The lowest BCUT2D eigenvalue weighted by molar-refractivity contribution is -0.115. The monoisotopic (exact) mass is 478 g/mol. The maximum atomic E-state index is 12.0. The van der Waals surface area contributed by atoms with E-state index in [4.69, 9.17) is 4.98 Å². The molecule has 6 rings (SSSR count). The highest BCUT2D eigenvalue weighted by molar-refractivity contribution is 7.15. The summed E-state index contributed by atoms with van der Waals surface area (Å²) in [4.78, 5) is 35.7. The molecular weight excluding hydrogens is 452 g/mol. The van der Waals surface area contributed by atoms with E-state index in [0.717, 1.165) is 62.0 Å². The average molecular weight is 479 g/mol. The second-order valence-corrected chi connectivity index (χ2v) is 10.3. The zero-order valence-electron chi connectivity index (χ0n) is 18.9. The van der Waals surface area contributed by atoms with Crippen molar-refractivity contribution in [3.63, 3.8) is 0 Å². The van der Waals surface area contributed by atoms with E-state index in [9.17, 15) is 9.59 Å². The topological polar surface area (TPSA) is 107 Å². The fraction of sp³-hybridized carbons (Fsp3) is 0.391. The van der Waals surface area contributed by atoms with Crippen LogP contribution in [0.2, 0.25) is 0 Å². The van der Waals surface area contributed by atoms with Gasteiger partial charge in [0.2, 0.25) is 0 Å². The molecule has 3 aromatic heterocycles. The molecule has 3 amide bonds. The van der Waals surface area contributed by atoms with Crippen LogP contribution < -0.4 is 16.0 Å². The van der Waals surface area contributed by atoms with E-state index in [0.29, 0.717) is 17.3 Å². The largest absolute Gasteiger partial charge is 0.367 e. The number of thiophene rings is 1. The van der Waals surface area contributed by atoms with Crippen molar-refractivity contribution in [2.24, 2.45) is 0 Å². The second-order valence-electron chi connectivity index (χ2n) is 9.09. The van der Waals surface area contributed by atoms with Crippen LogP contribution >= 0.6 is 11.3 Å². The lowest BCUT2D eigenvalue weighted by Crippen LogP contribution is -2.43. The average Bonchev–Trinajstić information content (AvgIpc) is 3.20. The van der Waals surface area contributed by atoms with Gasteiger partial charge >= 0.3 is 6.03 Å². The maximum Gasteiger partial charge on any atom is 0.326 e. The van der Waals surface area contributed by atoms with Crippen LogP contribution in [0.5, 0.6) is 0 Å². The van der Waals surface area contributed by atoms with Gasteiger partial charge in [-0.3, -0.25) is 15.0 Å². The molecule has 176 valence electrons. The number of amides is 3. The Labute approximate surface area is 200 Å². The molecule has 34 heavy (non-hydrogen) atoms. The van der Waals surface area contributed by atoms with Crippen molar-refractivity contribution in [2.45, 2.75) is 25.4 Å². The molecule has 11 heteroatoms. The number of nitrogens with one attached hydrogen (secondary N) is 3. The van der Waals surface area contributed by atoms with Crippen LogP contribution in [0.4, 0.5) is 10.6 Å². The fourth-order valence-corrected chi connectivity index (χ4v) is 5.22. The number of fused-ring (bicyclic) bond motifs is 1. The molecule has 1 aliphatic carbocycles. The van der Waals surface area contributed by atoms with Gasteiger partial charge in [-0.05, 0) is 38.1 Å². The Hall–Kier alpha value is -3.28. The van der Waals surface area contributed by atoms with Crippen molar-refractivity contribution in [2.75, 3.05) is 38.5 Å². The molecule has 3 fully saturated rings. The Kier molecular flexibility index (Phi) is 5.31. The van der Waals surface area contributed by atoms with Crippen molar-refractivity contribution >= 4 is 40.8 Å². The number of aromatic nitrogens is 3. The van der Waals surface area contributed by atoms with E-state index in [1.807, 2.05) is 6.07 Å².